The molecule has 0 fully saturated rings. The Morgan fingerprint density at radius 2 is 2.00 bits per heavy atom. The van der Waals surface area contributed by atoms with Crippen molar-refractivity contribution in [2.75, 3.05) is 11.1 Å². The van der Waals surface area contributed by atoms with E-state index in [1.165, 1.54) is 6.07 Å². The minimum Gasteiger partial charge on any atom is -0.396 e. The van der Waals surface area contributed by atoms with Gasteiger partial charge in [0.2, 0.25) is 0 Å². The lowest BCUT2D eigenvalue weighted by molar-refractivity contribution is 0.584. The fraction of sp³-hybridized carbons (Fsp3) is 0.200. The molecule has 0 aliphatic heterocycles. The van der Waals surface area contributed by atoms with Crippen molar-refractivity contribution in [3.8, 4) is 0 Å². The second kappa shape index (κ2) is 5.10. The summed E-state index contributed by atoms with van der Waals surface area (Å²) in [5, 5.41) is 0.807. The van der Waals surface area contributed by atoms with Gasteiger partial charge in [-0.3, -0.25) is 0 Å². The lowest BCUT2D eigenvalue weighted by Crippen LogP contribution is -1.93. The van der Waals surface area contributed by atoms with Crippen molar-refractivity contribution in [2.45, 2.75) is 6.42 Å². The third kappa shape index (κ3) is 2.80. The maximum atomic E-state index is 13.1. The van der Waals surface area contributed by atoms with Crippen LogP contribution < -0.4 is 5.73 Å². The molecule has 0 heterocycles. The lowest BCUT2D eigenvalue weighted by Gasteiger charge is -2.00. The number of rotatable bonds is 3. The van der Waals surface area contributed by atoms with Gasteiger partial charge in [0.15, 0.2) is 0 Å². The summed E-state index contributed by atoms with van der Waals surface area (Å²) in [6.45, 7) is 0. The van der Waals surface area contributed by atoms with Crippen LogP contribution in [0.4, 0.5) is 14.5 Å². The summed E-state index contributed by atoms with van der Waals surface area (Å²) < 4.78 is 25.9. The van der Waals surface area contributed by atoms with E-state index in [2.05, 4.69) is 15.9 Å². The number of nitrogens with two attached hydrogens (primary N) is 1. The summed E-state index contributed by atoms with van der Waals surface area (Å²) in [5.41, 5.74) is 5.58. The van der Waals surface area contributed by atoms with Gasteiger partial charge in [-0.25, -0.2) is 8.78 Å². The number of benzene rings is 1. The molecular weight excluding hydrogens is 252 g/mol. The molecule has 1 aromatic rings. The highest BCUT2D eigenvalue weighted by atomic mass is 79.9. The number of alkyl halides is 1. The molecule has 76 valence electrons. The van der Waals surface area contributed by atoms with E-state index in [9.17, 15) is 8.78 Å². The standard InChI is InChI=1S/C10H10BrF2N/c11-4-2-1-3-7-5-10(14)9(13)6-8(7)12/h1,3,5-6H,2,4,14H2. The predicted octanol–water partition coefficient (Wildman–Crippen LogP) is 3.35. The first-order chi connectivity index (χ1) is 6.65. The highest BCUT2D eigenvalue weighted by molar-refractivity contribution is 9.09. The Labute approximate surface area is 89.7 Å². The molecule has 0 saturated heterocycles. The Bertz CT molecular complexity index is 350. The summed E-state index contributed by atoms with van der Waals surface area (Å²) in [6, 6.07) is 2.08. The molecule has 14 heavy (non-hydrogen) atoms. The Morgan fingerprint density at radius 1 is 1.29 bits per heavy atom. The van der Waals surface area contributed by atoms with Crippen LogP contribution in [-0.2, 0) is 0 Å². The second-order valence-corrected chi connectivity index (χ2v) is 3.57. The summed E-state index contributed by atoms with van der Waals surface area (Å²) in [5.74, 6) is -1.32. The molecule has 4 heteroatoms. The quantitative estimate of drug-likeness (QED) is 0.656. The van der Waals surface area contributed by atoms with Crippen LogP contribution in [0.5, 0.6) is 0 Å². The molecule has 0 amide bonds. The van der Waals surface area contributed by atoms with Crippen LogP contribution >= 0.6 is 15.9 Å². The van der Waals surface area contributed by atoms with Crippen LogP contribution in [0.2, 0.25) is 0 Å². The van der Waals surface area contributed by atoms with Crippen LogP contribution in [0.15, 0.2) is 18.2 Å². The highest BCUT2D eigenvalue weighted by Gasteiger charge is 2.04. The summed E-state index contributed by atoms with van der Waals surface area (Å²) >= 11 is 3.24. The number of hydrogen-bond donors (Lipinski definition) is 1. The van der Waals surface area contributed by atoms with Crippen LogP contribution in [0.1, 0.15) is 12.0 Å². The maximum Gasteiger partial charge on any atom is 0.149 e. The number of allylic oxidation sites excluding steroid dienone is 1. The molecule has 2 N–H and O–H groups in total. The van der Waals surface area contributed by atoms with Gasteiger partial charge < -0.3 is 5.73 Å². The smallest absolute Gasteiger partial charge is 0.149 e. The van der Waals surface area contributed by atoms with Gasteiger partial charge in [0.1, 0.15) is 11.6 Å². The van der Waals surface area contributed by atoms with Crippen molar-refractivity contribution in [1.29, 1.82) is 0 Å². The molecule has 0 spiro atoms. The van der Waals surface area contributed by atoms with Crippen molar-refractivity contribution in [1.82, 2.24) is 0 Å². The fourth-order valence-corrected chi connectivity index (χ4v) is 1.25. The molecule has 0 bridgehead atoms. The SMILES string of the molecule is Nc1cc(C=CCCBr)c(F)cc1F. The van der Waals surface area contributed by atoms with Crippen molar-refractivity contribution in [3.05, 3.63) is 35.4 Å². The largest absolute Gasteiger partial charge is 0.396 e. The normalized spacial score (nSPS) is 11.1. The average Bonchev–Trinajstić information content (AvgIpc) is 2.14. The highest BCUT2D eigenvalue weighted by Crippen LogP contribution is 2.17. The van der Waals surface area contributed by atoms with E-state index in [1.807, 2.05) is 0 Å². The molecule has 1 rings (SSSR count). The van der Waals surface area contributed by atoms with E-state index < -0.39 is 11.6 Å². The van der Waals surface area contributed by atoms with Gasteiger partial charge in [-0.05, 0) is 12.5 Å². The number of anilines is 1. The van der Waals surface area contributed by atoms with Crippen molar-refractivity contribution >= 4 is 27.7 Å². The number of halogens is 3. The molecule has 0 unspecified atom stereocenters. The Hall–Kier alpha value is -0.900. The van der Waals surface area contributed by atoms with Crippen LogP contribution in [-0.4, -0.2) is 5.33 Å². The monoisotopic (exact) mass is 261 g/mol. The summed E-state index contributed by atoms with van der Waals surface area (Å²) in [4.78, 5) is 0. The van der Waals surface area contributed by atoms with E-state index in [1.54, 1.807) is 12.2 Å². The first kappa shape index (κ1) is 11.2. The fourth-order valence-electron chi connectivity index (χ4n) is 0.984. The molecule has 0 atom stereocenters. The lowest BCUT2D eigenvalue weighted by atomic mass is 10.1. The van der Waals surface area contributed by atoms with E-state index in [0.717, 1.165) is 17.8 Å². The van der Waals surface area contributed by atoms with Gasteiger partial charge in [0.05, 0.1) is 5.69 Å². The van der Waals surface area contributed by atoms with E-state index >= 15 is 0 Å². The minimum absolute atomic E-state index is 0.0371. The predicted molar refractivity (Wildman–Crippen MR) is 58.2 cm³/mol. The first-order valence-corrected chi connectivity index (χ1v) is 5.24. The molecular formula is C10H10BrF2N. The molecule has 0 aliphatic carbocycles. The van der Waals surface area contributed by atoms with Gasteiger partial charge >= 0.3 is 0 Å². The third-order valence-electron chi connectivity index (χ3n) is 1.69. The minimum atomic E-state index is -0.722. The molecule has 1 nitrogen and oxygen atoms in total. The Balaban J connectivity index is 2.92. The van der Waals surface area contributed by atoms with Gasteiger partial charge in [-0.1, -0.05) is 28.1 Å². The Morgan fingerprint density at radius 3 is 2.64 bits per heavy atom. The first-order valence-electron chi connectivity index (χ1n) is 4.12. The molecule has 0 saturated carbocycles. The van der Waals surface area contributed by atoms with Gasteiger partial charge in [-0.15, -0.1) is 0 Å². The molecule has 0 aliphatic rings. The zero-order valence-electron chi connectivity index (χ0n) is 7.43. The van der Waals surface area contributed by atoms with Crippen LogP contribution in [0.3, 0.4) is 0 Å². The van der Waals surface area contributed by atoms with Crippen LogP contribution in [0.25, 0.3) is 6.08 Å². The van der Waals surface area contributed by atoms with Crippen molar-refractivity contribution < 1.29 is 8.78 Å². The number of nitrogen functional groups attached to an aromatic ring is 1. The van der Waals surface area contributed by atoms with Crippen LogP contribution in [0, 0.1) is 11.6 Å². The zero-order chi connectivity index (χ0) is 10.6. The number of hydrogen-bond acceptors (Lipinski definition) is 1. The molecule has 0 aromatic heterocycles. The Kier molecular flexibility index (Phi) is 4.07. The third-order valence-corrected chi connectivity index (χ3v) is 2.15. The van der Waals surface area contributed by atoms with E-state index in [4.69, 9.17) is 5.73 Å². The summed E-state index contributed by atoms with van der Waals surface area (Å²) in [6.07, 6.45) is 4.17. The van der Waals surface area contributed by atoms with Crippen molar-refractivity contribution in [2.24, 2.45) is 0 Å². The average molecular weight is 262 g/mol. The van der Waals surface area contributed by atoms with E-state index in [0.29, 0.717) is 5.56 Å². The van der Waals surface area contributed by atoms with Gasteiger partial charge in [0, 0.05) is 17.0 Å². The molecule has 0 radical (unpaired) electrons. The van der Waals surface area contributed by atoms with E-state index in [-0.39, 0.29) is 5.69 Å². The second-order valence-electron chi connectivity index (χ2n) is 2.78. The van der Waals surface area contributed by atoms with Gasteiger partial charge in [-0.2, -0.15) is 0 Å². The van der Waals surface area contributed by atoms with Crippen molar-refractivity contribution in [3.63, 3.8) is 0 Å². The molecule has 1 aromatic carbocycles. The summed E-state index contributed by atoms with van der Waals surface area (Å²) in [7, 11) is 0. The zero-order valence-corrected chi connectivity index (χ0v) is 9.02. The van der Waals surface area contributed by atoms with Gasteiger partial charge in [0.25, 0.3) is 0 Å². The maximum absolute atomic E-state index is 13.1. The topological polar surface area (TPSA) is 26.0 Å².